The van der Waals surface area contributed by atoms with E-state index in [1.807, 2.05) is 9.25 Å². The van der Waals surface area contributed by atoms with Crippen molar-refractivity contribution in [1.82, 2.24) is 24.1 Å². The van der Waals surface area contributed by atoms with Crippen LogP contribution in [0.1, 0.15) is 32.1 Å². The van der Waals surface area contributed by atoms with E-state index in [0.717, 1.165) is 50.3 Å². The van der Waals surface area contributed by atoms with E-state index < -0.39 is 0 Å². The van der Waals surface area contributed by atoms with Gasteiger partial charge in [-0.25, -0.2) is 4.68 Å². The lowest BCUT2D eigenvalue weighted by atomic mass is 9.88. The predicted molar refractivity (Wildman–Crippen MR) is 97.7 cm³/mol. The smallest absolute Gasteiger partial charge is 0.225 e. The normalized spacial score (nSPS) is 20.1. The molecule has 0 aromatic carbocycles. The molecule has 1 saturated heterocycles. The van der Waals surface area contributed by atoms with Gasteiger partial charge in [0.1, 0.15) is 6.33 Å². The summed E-state index contributed by atoms with van der Waals surface area (Å²) in [5.41, 5.74) is 0. The number of piperazine rings is 1. The zero-order chi connectivity index (χ0) is 17.6. The maximum atomic E-state index is 12.6. The third kappa shape index (κ3) is 4.68. The summed E-state index contributed by atoms with van der Waals surface area (Å²) < 4.78 is 9.60. The highest BCUT2D eigenvalue weighted by molar-refractivity contribution is 7.71. The molecule has 1 saturated carbocycles. The first kappa shape index (κ1) is 18.5. The molecular formula is C17H29N5O2S. The second kappa shape index (κ2) is 8.91. The van der Waals surface area contributed by atoms with Gasteiger partial charge in [0.2, 0.25) is 5.91 Å². The van der Waals surface area contributed by atoms with Gasteiger partial charge in [-0.2, -0.15) is 5.10 Å². The molecule has 0 radical (unpaired) electrons. The van der Waals surface area contributed by atoms with Crippen LogP contribution in [0.25, 0.3) is 0 Å². The topological polar surface area (TPSA) is 55.5 Å². The summed E-state index contributed by atoms with van der Waals surface area (Å²) in [7, 11) is 1.68. The van der Waals surface area contributed by atoms with Gasteiger partial charge in [-0.15, -0.1) is 0 Å². The van der Waals surface area contributed by atoms with Crippen LogP contribution < -0.4 is 0 Å². The number of methoxy groups -OCH3 is 1. The minimum atomic E-state index is 0.269. The van der Waals surface area contributed by atoms with Crippen LogP contribution in [0.3, 0.4) is 0 Å². The molecule has 1 amide bonds. The molecule has 0 bridgehead atoms. The molecule has 2 fully saturated rings. The van der Waals surface area contributed by atoms with Gasteiger partial charge in [0.05, 0.1) is 13.3 Å². The van der Waals surface area contributed by atoms with Crippen molar-refractivity contribution in [2.45, 2.75) is 45.3 Å². The number of ether oxygens (including phenoxy) is 1. The Morgan fingerprint density at radius 3 is 2.64 bits per heavy atom. The number of hydrogen-bond donors (Lipinski definition) is 0. The van der Waals surface area contributed by atoms with E-state index in [0.29, 0.717) is 19.2 Å². The van der Waals surface area contributed by atoms with Gasteiger partial charge < -0.3 is 14.2 Å². The van der Waals surface area contributed by atoms with Crippen LogP contribution in [0, 0.1) is 10.7 Å². The number of carbonyl (C=O) groups is 1. The first-order chi connectivity index (χ1) is 12.2. The minimum absolute atomic E-state index is 0.269. The van der Waals surface area contributed by atoms with Gasteiger partial charge in [0.25, 0.3) is 0 Å². The molecule has 1 aromatic rings. The summed E-state index contributed by atoms with van der Waals surface area (Å²) in [5, 5.41) is 4.39. The van der Waals surface area contributed by atoms with E-state index in [-0.39, 0.29) is 5.92 Å². The van der Waals surface area contributed by atoms with E-state index in [9.17, 15) is 4.79 Å². The standard InChI is InChI=1S/C17H29N5O2S/c1-24-12-11-21-13-18-22(17(21)25)14-19-7-9-20(10-8-19)16(23)15-5-3-2-4-6-15/h13,15H,2-12,14H2,1H3. The Hall–Kier alpha value is -1.25. The van der Waals surface area contributed by atoms with Crippen molar-refractivity contribution in [2.75, 3.05) is 39.9 Å². The third-order valence-electron chi connectivity index (χ3n) is 5.31. The van der Waals surface area contributed by atoms with Crippen LogP contribution in [0.5, 0.6) is 0 Å². The number of aromatic nitrogens is 3. The second-order valence-corrected chi connectivity index (χ2v) is 7.38. The molecule has 0 unspecified atom stereocenters. The maximum absolute atomic E-state index is 12.6. The van der Waals surface area contributed by atoms with Crippen LogP contribution in [0.4, 0.5) is 0 Å². The van der Waals surface area contributed by atoms with Gasteiger partial charge in [-0.1, -0.05) is 19.3 Å². The van der Waals surface area contributed by atoms with Gasteiger partial charge in [0.15, 0.2) is 4.77 Å². The summed E-state index contributed by atoms with van der Waals surface area (Å²) >= 11 is 5.47. The van der Waals surface area contributed by atoms with Crippen LogP contribution in [-0.2, 0) is 22.7 Å². The fraction of sp³-hybridized carbons (Fsp3) is 0.824. The number of nitrogens with zero attached hydrogens (tertiary/aromatic N) is 5. The minimum Gasteiger partial charge on any atom is -0.383 e. The number of hydrogen-bond acceptors (Lipinski definition) is 5. The molecule has 8 heteroatoms. The summed E-state index contributed by atoms with van der Waals surface area (Å²) in [5.74, 6) is 0.644. The summed E-state index contributed by atoms with van der Waals surface area (Å²) in [4.78, 5) is 17.0. The molecule has 2 heterocycles. The van der Waals surface area contributed by atoms with Crippen molar-refractivity contribution in [3.63, 3.8) is 0 Å². The zero-order valence-corrected chi connectivity index (χ0v) is 15.9. The van der Waals surface area contributed by atoms with E-state index in [2.05, 4.69) is 14.9 Å². The van der Waals surface area contributed by atoms with Gasteiger partial charge in [-0.05, 0) is 25.1 Å². The average Bonchev–Trinajstić information content (AvgIpc) is 3.00. The van der Waals surface area contributed by atoms with E-state index in [1.54, 1.807) is 13.4 Å². The number of rotatable bonds is 6. The quantitative estimate of drug-likeness (QED) is 0.717. The van der Waals surface area contributed by atoms with Crippen LogP contribution in [-0.4, -0.2) is 70.0 Å². The molecule has 1 aliphatic carbocycles. The van der Waals surface area contributed by atoms with E-state index in [4.69, 9.17) is 17.0 Å². The molecule has 0 N–H and O–H groups in total. The maximum Gasteiger partial charge on any atom is 0.225 e. The Kier molecular flexibility index (Phi) is 6.61. The molecule has 25 heavy (non-hydrogen) atoms. The van der Waals surface area contributed by atoms with Gasteiger partial charge in [-0.3, -0.25) is 9.69 Å². The van der Waals surface area contributed by atoms with Crippen LogP contribution in [0.2, 0.25) is 0 Å². The molecular weight excluding hydrogens is 338 g/mol. The molecule has 1 aromatic heterocycles. The Morgan fingerprint density at radius 2 is 1.96 bits per heavy atom. The lowest BCUT2D eigenvalue weighted by molar-refractivity contribution is -0.138. The van der Waals surface area contributed by atoms with E-state index in [1.165, 1.54) is 19.3 Å². The Morgan fingerprint density at radius 1 is 1.24 bits per heavy atom. The van der Waals surface area contributed by atoms with Crippen molar-refractivity contribution in [1.29, 1.82) is 0 Å². The fourth-order valence-corrected chi connectivity index (χ4v) is 3.96. The average molecular weight is 368 g/mol. The molecule has 7 nitrogen and oxygen atoms in total. The van der Waals surface area contributed by atoms with Crippen LogP contribution in [0.15, 0.2) is 6.33 Å². The Labute approximate surface area is 154 Å². The van der Waals surface area contributed by atoms with Gasteiger partial charge >= 0.3 is 0 Å². The SMILES string of the molecule is COCCn1cnn(CN2CCN(C(=O)C3CCCCC3)CC2)c1=S. The van der Waals surface area contributed by atoms with Crippen molar-refractivity contribution < 1.29 is 9.53 Å². The number of carbonyl (C=O) groups excluding carboxylic acids is 1. The monoisotopic (exact) mass is 367 g/mol. The van der Waals surface area contributed by atoms with Crippen molar-refractivity contribution >= 4 is 18.1 Å². The lowest BCUT2D eigenvalue weighted by Gasteiger charge is -2.36. The van der Waals surface area contributed by atoms with Crippen molar-refractivity contribution in [3.05, 3.63) is 11.1 Å². The molecule has 140 valence electrons. The number of amides is 1. The van der Waals surface area contributed by atoms with E-state index >= 15 is 0 Å². The third-order valence-corrected chi connectivity index (χ3v) is 5.75. The predicted octanol–water partition coefficient (Wildman–Crippen LogP) is 1.74. The first-order valence-electron chi connectivity index (χ1n) is 9.31. The van der Waals surface area contributed by atoms with Crippen LogP contribution >= 0.6 is 12.2 Å². The highest BCUT2D eigenvalue weighted by Crippen LogP contribution is 2.25. The highest BCUT2D eigenvalue weighted by Gasteiger charge is 2.28. The molecule has 3 rings (SSSR count). The lowest BCUT2D eigenvalue weighted by Crippen LogP contribution is -2.50. The summed E-state index contributed by atoms with van der Waals surface area (Å²) in [6, 6.07) is 0. The second-order valence-electron chi connectivity index (χ2n) is 7.02. The Balaban J connectivity index is 1.48. The molecule has 2 aliphatic rings. The summed E-state index contributed by atoms with van der Waals surface area (Å²) in [6.07, 6.45) is 7.63. The largest absolute Gasteiger partial charge is 0.383 e. The van der Waals surface area contributed by atoms with Crippen molar-refractivity contribution in [3.8, 4) is 0 Å². The molecule has 0 atom stereocenters. The molecule has 0 spiro atoms. The zero-order valence-electron chi connectivity index (χ0n) is 15.1. The Bertz CT molecular complexity index is 615. The summed E-state index contributed by atoms with van der Waals surface area (Å²) in [6.45, 7) is 5.42. The van der Waals surface area contributed by atoms with Gasteiger partial charge in [0, 0.05) is 45.8 Å². The molecule has 1 aliphatic heterocycles. The van der Waals surface area contributed by atoms with Crippen molar-refractivity contribution in [2.24, 2.45) is 5.92 Å². The highest BCUT2D eigenvalue weighted by atomic mass is 32.1. The first-order valence-corrected chi connectivity index (χ1v) is 9.72. The fourth-order valence-electron chi connectivity index (χ4n) is 3.72.